The molecule has 2 nitrogen and oxygen atoms in total. The summed E-state index contributed by atoms with van der Waals surface area (Å²) in [5.74, 6) is -0.462. The smallest absolute Gasteiger partial charge is 0.143 e. The van der Waals surface area contributed by atoms with Gasteiger partial charge in [-0.25, -0.2) is 8.78 Å². The molecule has 0 radical (unpaired) electrons. The molecule has 1 aliphatic heterocycles. The summed E-state index contributed by atoms with van der Waals surface area (Å²) in [5.41, 5.74) is 6.03. The van der Waals surface area contributed by atoms with Crippen molar-refractivity contribution < 1.29 is 8.78 Å². The van der Waals surface area contributed by atoms with Crippen LogP contribution in [0.25, 0.3) is 0 Å². The minimum absolute atomic E-state index is 0. The predicted molar refractivity (Wildman–Crippen MR) is 83.4 cm³/mol. The SMILES string of the molecule is CC(N)C1CCN(Cc2c(F)ccc(I)c2F)C1.Cl. The van der Waals surface area contributed by atoms with Gasteiger partial charge in [0.25, 0.3) is 0 Å². The lowest BCUT2D eigenvalue weighted by Crippen LogP contribution is -2.30. The van der Waals surface area contributed by atoms with Gasteiger partial charge in [-0.1, -0.05) is 0 Å². The number of nitrogens with zero attached hydrogens (tertiary/aromatic N) is 1. The van der Waals surface area contributed by atoms with Gasteiger partial charge in [-0.2, -0.15) is 0 Å². The number of halogens is 4. The summed E-state index contributed by atoms with van der Waals surface area (Å²) >= 11 is 1.89. The Hall–Kier alpha value is 0.0200. The molecule has 0 amide bonds. The van der Waals surface area contributed by atoms with Crippen molar-refractivity contribution in [2.75, 3.05) is 13.1 Å². The Morgan fingerprint density at radius 3 is 2.74 bits per heavy atom. The minimum atomic E-state index is -0.461. The molecule has 2 N–H and O–H groups in total. The molecule has 1 fully saturated rings. The molecular weight excluding hydrogens is 385 g/mol. The molecule has 0 bridgehead atoms. The van der Waals surface area contributed by atoms with Gasteiger partial charge in [0.2, 0.25) is 0 Å². The standard InChI is InChI=1S/C13H17F2IN2.ClH/c1-8(17)9-4-5-18(6-9)7-10-11(14)2-3-12(16)13(10)15;/h2-3,8-9H,4-7,17H2,1H3;1H. The summed E-state index contributed by atoms with van der Waals surface area (Å²) in [7, 11) is 0. The molecule has 0 spiro atoms. The highest BCUT2D eigenvalue weighted by molar-refractivity contribution is 14.1. The maximum absolute atomic E-state index is 13.9. The second-order valence-electron chi connectivity index (χ2n) is 4.96. The number of hydrogen-bond acceptors (Lipinski definition) is 2. The fourth-order valence-electron chi connectivity index (χ4n) is 2.37. The van der Waals surface area contributed by atoms with Crippen LogP contribution in [0.1, 0.15) is 18.9 Å². The fourth-order valence-corrected chi connectivity index (χ4v) is 2.88. The van der Waals surface area contributed by atoms with Crippen molar-refractivity contribution >= 4 is 35.0 Å². The lowest BCUT2D eigenvalue weighted by Gasteiger charge is -2.18. The molecule has 1 saturated heterocycles. The third-order valence-corrected chi connectivity index (χ3v) is 4.41. The van der Waals surface area contributed by atoms with Crippen molar-refractivity contribution in [3.63, 3.8) is 0 Å². The van der Waals surface area contributed by atoms with Crippen molar-refractivity contribution in [3.05, 3.63) is 32.9 Å². The Bertz CT molecular complexity index is 443. The molecule has 2 atom stereocenters. The highest BCUT2D eigenvalue weighted by atomic mass is 127. The van der Waals surface area contributed by atoms with Crippen molar-refractivity contribution in [1.29, 1.82) is 0 Å². The lowest BCUT2D eigenvalue weighted by molar-refractivity contribution is 0.298. The molecule has 19 heavy (non-hydrogen) atoms. The van der Waals surface area contributed by atoms with E-state index in [0.29, 0.717) is 16.0 Å². The molecule has 1 aromatic carbocycles. The maximum atomic E-state index is 13.9. The normalized spacial score (nSPS) is 21.2. The largest absolute Gasteiger partial charge is 0.328 e. The van der Waals surface area contributed by atoms with E-state index in [2.05, 4.69) is 4.90 Å². The Morgan fingerprint density at radius 1 is 1.47 bits per heavy atom. The third kappa shape index (κ3) is 4.00. The summed E-state index contributed by atoms with van der Waals surface area (Å²) in [6.45, 7) is 4.00. The quantitative estimate of drug-likeness (QED) is 0.622. The van der Waals surface area contributed by atoms with Crippen LogP contribution in [0.5, 0.6) is 0 Å². The Balaban J connectivity index is 0.00000180. The number of likely N-dealkylation sites (tertiary alicyclic amines) is 1. The lowest BCUT2D eigenvalue weighted by atomic mass is 10.0. The van der Waals surface area contributed by atoms with Crippen molar-refractivity contribution in [1.82, 2.24) is 4.90 Å². The van der Waals surface area contributed by atoms with E-state index >= 15 is 0 Å². The summed E-state index contributed by atoms with van der Waals surface area (Å²) in [4.78, 5) is 2.08. The van der Waals surface area contributed by atoms with Gasteiger partial charge in [0.05, 0.1) is 0 Å². The van der Waals surface area contributed by atoms with Crippen molar-refractivity contribution in [3.8, 4) is 0 Å². The van der Waals surface area contributed by atoms with Gasteiger partial charge in [0.1, 0.15) is 11.6 Å². The first kappa shape index (κ1) is 17.1. The van der Waals surface area contributed by atoms with E-state index in [1.165, 1.54) is 12.1 Å². The van der Waals surface area contributed by atoms with Gasteiger partial charge in [-0.3, -0.25) is 4.90 Å². The zero-order chi connectivity index (χ0) is 13.3. The third-order valence-electron chi connectivity index (χ3n) is 3.57. The van der Waals surface area contributed by atoms with Crippen LogP contribution in [-0.2, 0) is 6.54 Å². The average Bonchev–Trinajstić information content (AvgIpc) is 2.78. The first-order chi connectivity index (χ1) is 8.49. The van der Waals surface area contributed by atoms with Crippen LogP contribution in [0.3, 0.4) is 0 Å². The van der Waals surface area contributed by atoms with Crippen LogP contribution < -0.4 is 5.73 Å². The van der Waals surface area contributed by atoms with Gasteiger partial charge < -0.3 is 5.73 Å². The second-order valence-corrected chi connectivity index (χ2v) is 6.13. The number of nitrogens with two attached hydrogens (primary N) is 1. The predicted octanol–water partition coefficient (Wildman–Crippen LogP) is 3.16. The second kappa shape index (κ2) is 7.15. The van der Waals surface area contributed by atoms with Gasteiger partial charge in [-0.15, -0.1) is 12.4 Å². The van der Waals surface area contributed by atoms with E-state index in [0.717, 1.165) is 19.5 Å². The van der Waals surface area contributed by atoms with Gasteiger partial charge in [0.15, 0.2) is 0 Å². The molecule has 0 aromatic heterocycles. The van der Waals surface area contributed by atoms with Crippen LogP contribution in [0, 0.1) is 21.1 Å². The Morgan fingerprint density at radius 2 is 2.16 bits per heavy atom. The Labute approximate surface area is 132 Å². The van der Waals surface area contributed by atoms with E-state index < -0.39 is 11.6 Å². The molecule has 0 aliphatic carbocycles. The van der Waals surface area contributed by atoms with E-state index in [4.69, 9.17) is 5.73 Å². The number of benzene rings is 1. The van der Waals surface area contributed by atoms with Gasteiger partial charge >= 0.3 is 0 Å². The van der Waals surface area contributed by atoms with E-state index in [9.17, 15) is 8.78 Å². The van der Waals surface area contributed by atoms with Crippen LogP contribution in [0.15, 0.2) is 12.1 Å². The van der Waals surface area contributed by atoms with Gasteiger partial charge in [0, 0.05) is 28.3 Å². The van der Waals surface area contributed by atoms with E-state index in [1.54, 1.807) is 0 Å². The summed E-state index contributed by atoms with van der Waals surface area (Å²) in [6, 6.07) is 2.93. The molecule has 1 aliphatic rings. The van der Waals surface area contributed by atoms with Crippen LogP contribution >= 0.6 is 35.0 Å². The molecule has 0 saturated carbocycles. The molecule has 2 unspecified atom stereocenters. The maximum Gasteiger partial charge on any atom is 0.143 e. The Kier molecular flexibility index (Phi) is 6.42. The van der Waals surface area contributed by atoms with Crippen LogP contribution in [0.2, 0.25) is 0 Å². The molecule has 108 valence electrons. The zero-order valence-corrected chi connectivity index (χ0v) is 13.7. The molecule has 6 heteroatoms. The molecular formula is C13H18ClF2IN2. The van der Waals surface area contributed by atoms with Gasteiger partial charge in [-0.05, 0) is 60.5 Å². The van der Waals surface area contributed by atoms with E-state index in [-0.39, 0.29) is 24.0 Å². The topological polar surface area (TPSA) is 29.3 Å². The minimum Gasteiger partial charge on any atom is -0.328 e. The van der Waals surface area contributed by atoms with Crippen molar-refractivity contribution in [2.45, 2.75) is 25.9 Å². The molecule has 1 aromatic rings. The fraction of sp³-hybridized carbons (Fsp3) is 0.538. The first-order valence-corrected chi connectivity index (χ1v) is 7.17. The number of rotatable bonds is 3. The van der Waals surface area contributed by atoms with Crippen LogP contribution in [0.4, 0.5) is 8.78 Å². The molecule has 1 heterocycles. The summed E-state index contributed by atoms with van der Waals surface area (Å²) < 4.78 is 28.0. The highest BCUT2D eigenvalue weighted by Crippen LogP contribution is 2.24. The number of hydrogen-bond donors (Lipinski definition) is 1. The monoisotopic (exact) mass is 402 g/mol. The summed E-state index contributed by atoms with van der Waals surface area (Å²) in [5, 5.41) is 0. The van der Waals surface area contributed by atoms with E-state index in [1.807, 2.05) is 29.5 Å². The zero-order valence-electron chi connectivity index (χ0n) is 10.7. The average molecular weight is 403 g/mol. The first-order valence-electron chi connectivity index (χ1n) is 6.09. The van der Waals surface area contributed by atoms with Crippen LogP contribution in [-0.4, -0.2) is 24.0 Å². The van der Waals surface area contributed by atoms with Crippen molar-refractivity contribution in [2.24, 2.45) is 11.7 Å². The highest BCUT2D eigenvalue weighted by Gasteiger charge is 2.26. The molecule has 2 rings (SSSR count). The summed E-state index contributed by atoms with van der Waals surface area (Å²) in [6.07, 6.45) is 1.00.